The molecular formula is C92H108N4O4. The number of fused-ring (bicyclic) bond motifs is 8. The summed E-state index contributed by atoms with van der Waals surface area (Å²) < 4.78 is 29.8. The van der Waals surface area contributed by atoms with Crippen LogP contribution in [0.2, 0.25) is 0 Å². The number of unbranched alkanes of at least 4 members (excludes halogenated alkanes) is 24. The fourth-order valence-corrected chi connectivity index (χ4v) is 14.2. The number of rotatable bonds is 40. The number of nitriles is 4. The van der Waals surface area contributed by atoms with Crippen molar-refractivity contribution in [2.45, 2.75) is 233 Å². The first-order valence-corrected chi connectivity index (χ1v) is 38.4. The van der Waals surface area contributed by atoms with E-state index >= 15 is 0 Å². The lowest BCUT2D eigenvalue weighted by Gasteiger charge is -2.25. The Kier molecular flexibility index (Phi) is 31.2. The van der Waals surface area contributed by atoms with Crippen LogP contribution in [-0.2, 0) is 25.7 Å². The molecule has 8 heteroatoms. The van der Waals surface area contributed by atoms with Crippen molar-refractivity contribution in [1.29, 1.82) is 21.0 Å². The highest BCUT2D eigenvalue weighted by molar-refractivity contribution is 5.75. The smallest absolute Gasteiger partial charge is 0.126 e. The molecule has 1 aliphatic rings. The standard InChI is InChI=1S/C92H108N4O4/c1-5-9-13-17-21-25-29-49-97-89-81-53-77(73-41-33-69(65-93)34-42-73)54-82(89)62-84-56-79(75-45-37-71(67-95)38-46-75)58-86(91(84)99-51-31-27-23-19-15-11-7-3)64-88-60-80(76-47-39-72(68-96)40-48-76)59-87(92(88)100-52-32-28-24-20-16-12-8-4)63-85-57-78(74-43-35-70(66-94)36-44-74)55-83(61-81)90(85)98-50-30-26-22-18-14-10-6-2/h33-48,53-60H,5-32,49-52,61-64H2,1-4H3. The van der Waals surface area contributed by atoms with Gasteiger partial charge in [-0.25, -0.2) is 0 Å². The van der Waals surface area contributed by atoms with Gasteiger partial charge in [-0.3, -0.25) is 0 Å². The fraction of sp³-hybridized carbons (Fsp3) is 0.435. The van der Waals surface area contributed by atoms with Gasteiger partial charge in [-0.15, -0.1) is 0 Å². The zero-order valence-corrected chi connectivity index (χ0v) is 60.7. The van der Waals surface area contributed by atoms with E-state index < -0.39 is 0 Å². The molecule has 1 aliphatic carbocycles. The largest absolute Gasteiger partial charge is 0.493 e. The molecule has 0 heterocycles. The second kappa shape index (κ2) is 41.5. The Morgan fingerprint density at radius 1 is 0.220 bits per heavy atom. The van der Waals surface area contributed by atoms with Crippen LogP contribution in [-0.4, -0.2) is 26.4 Å². The molecule has 0 fully saturated rings. The van der Waals surface area contributed by atoms with Gasteiger partial charge in [0.1, 0.15) is 23.0 Å². The molecule has 520 valence electrons. The van der Waals surface area contributed by atoms with Gasteiger partial charge in [-0.2, -0.15) is 21.0 Å². The molecule has 100 heavy (non-hydrogen) atoms. The third-order valence-electron chi connectivity index (χ3n) is 19.9. The fourth-order valence-electron chi connectivity index (χ4n) is 14.2. The SMILES string of the molecule is CCCCCCCCCOc1c2cc(-c3ccc(C#N)cc3)cc1Cc1cc(-c3ccc(C#N)cc3)cc(c1OCCCCCCCCC)Cc1cc(-c3ccc(C#N)cc3)cc(c1OCCCCCCCCC)Cc1cc(-c3ccc(C#N)cc3)cc(c1OCCCCCCCCC)C2. The van der Waals surface area contributed by atoms with Crippen molar-refractivity contribution < 1.29 is 18.9 Å². The zero-order chi connectivity index (χ0) is 69.9. The van der Waals surface area contributed by atoms with Gasteiger partial charge in [0.05, 0.1) is 73.0 Å². The van der Waals surface area contributed by atoms with Crippen molar-refractivity contribution in [3.8, 4) is 91.8 Å². The van der Waals surface area contributed by atoms with Gasteiger partial charge in [0.25, 0.3) is 0 Å². The van der Waals surface area contributed by atoms with Crippen LogP contribution >= 0.6 is 0 Å². The molecule has 0 spiro atoms. The van der Waals surface area contributed by atoms with Crippen LogP contribution in [0.1, 0.15) is 274 Å². The molecule has 0 radical (unpaired) electrons. The summed E-state index contributed by atoms with van der Waals surface area (Å²) in [7, 11) is 0. The average molecular weight is 1330 g/mol. The zero-order valence-electron chi connectivity index (χ0n) is 60.7. The van der Waals surface area contributed by atoms with E-state index in [-0.39, 0.29) is 0 Å². The first kappa shape index (κ1) is 75.1. The molecule has 0 N–H and O–H groups in total. The molecule has 0 unspecified atom stereocenters. The highest BCUT2D eigenvalue weighted by atomic mass is 16.5. The van der Waals surface area contributed by atoms with E-state index in [4.69, 9.17) is 18.9 Å². The molecule has 0 aromatic heterocycles. The Labute approximate surface area is 600 Å². The maximum atomic E-state index is 10.1. The van der Waals surface area contributed by atoms with Crippen molar-refractivity contribution in [2.75, 3.05) is 26.4 Å². The van der Waals surface area contributed by atoms with Crippen LogP contribution in [0.25, 0.3) is 44.5 Å². The Morgan fingerprint density at radius 2 is 0.380 bits per heavy atom. The van der Waals surface area contributed by atoms with E-state index in [0.29, 0.717) is 74.4 Å². The van der Waals surface area contributed by atoms with Crippen molar-refractivity contribution >= 4 is 0 Å². The Bertz CT molecular complexity index is 3390. The molecule has 0 aliphatic heterocycles. The number of hydrogen-bond donors (Lipinski definition) is 0. The molecule has 8 aromatic rings. The summed E-state index contributed by atoms with van der Waals surface area (Å²) in [6.45, 7) is 11.3. The van der Waals surface area contributed by atoms with Crippen molar-refractivity contribution in [3.05, 3.63) is 212 Å². The Balaban J connectivity index is 1.34. The minimum absolute atomic E-state index is 0.475. The van der Waals surface area contributed by atoms with Crippen LogP contribution in [0.4, 0.5) is 0 Å². The van der Waals surface area contributed by atoms with Crippen LogP contribution in [0.3, 0.4) is 0 Å². The summed E-state index contributed by atoms with van der Waals surface area (Å²) in [4.78, 5) is 0. The summed E-state index contributed by atoms with van der Waals surface area (Å²) in [6.07, 6.45) is 34.3. The lowest BCUT2D eigenvalue weighted by molar-refractivity contribution is 0.293. The number of benzene rings is 8. The molecule has 0 amide bonds. The van der Waals surface area contributed by atoms with Gasteiger partial charge < -0.3 is 18.9 Å². The minimum atomic E-state index is 0.475. The summed E-state index contributed by atoms with van der Waals surface area (Å²) in [6, 6.07) is 59.9. The lowest BCUT2D eigenvalue weighted by Crippen LogP contribution is -2.11. The molecule has 8 aromatic carbocycles. The van der Waals surface area contributed by atoms with E-state index in [1.165, 1.54) is 103 Å². The van der Waals surface area contributed by atoms with E-state index in [2.05, 4.69) is 149 Å². The predicted octanol–water partition coefficient (Wildman–Crippen LogP) is 25.0. The third kappa shape index (κ3) is 22.5. The predicted molar refractivity (Wildman–Crippen MR) is 412 cm³/mol. The lowest BCUT2D eigenvalue weighted by atomic mass is 9.86. The monoisotopic (exact) mass is 1330 g/mol. The second-order valence-corrected chi connectivity index (χ2v) is 27.8. The first-order valence-electron chi connectivity index (χ1n) is 38.4. The minimum Gasteiger partial charge on any atom is -0.493 e. The third-order valence-corrected chi connectivity index (χ3v) is 19.9. The summed E-state index contributed by atoms with van der Waals surface area (Å²) in [5.74, 6) is 3.45. The number of ether oxygens (including phenoxy) is 4. The Morgan fingerprint density at radius 3 is 0.540 bits per heavy atom. The van der Waals surface area contributed by atoms with Crippen molar-refractivity contribution in [1.82, 2.24) is 0 Å². The van der Waals surface area contributed by atoms with Crippen molar-refractivity contribution in [2.24, 2.45) is 0 Å². The van der Waals surface area contributed by atoms with E-state index in [9.17, 15) is 21.0 Å². The second-order valence-electron chi connectivity index (χ2n) is 27.8. The molecular weight excluding hydrogens is 1230 g/mol. The molecule has 8 bridgehead atoms. The van der Waals surface area contributed by atoms with Gasteiger partial charge in [0.2, 0.25) is 0 Å². The van der Waals surface area contributed by atoms with E-state index in [0.717, 1.165) is 189 Å². The summed E-state index contributed by atoms with van der Waals surface area (Å²) >= 11 is 0. The average Bonchev–Trinajstić information content (AvgIpc) is 0.765. The highest BCUT2D eigenvalue weighted by Gasteiger charge is 2.26. The Hall–Kier alpha value is -9.08. The summed E-state index contributed by atoms with van der Waals surface area (Å²) in [5, 5.41) is 40.4. The first-order chi connectivity index (χ1) is 49.3. The van der Waals surface area contributed by atoms with Gasteiger partial charge >= 0.3 is 0 Å². The molecule has 0 saturated heterocycles. The van der Waals surface area contributed by atoms with Gasteiger partial charge in [0, 0.05) is 25.7 Å². The molecule has 8 nitrogen and oxygen atoms in total. The van der Waals surface area contributed by atoms with E-state index in [1.807, 2.05) is 48.5 Å². The van der Waals surface area contributed by atoms with Crippen molar-refractivity contribution in [3.63, 3.8) is 0 Å². The normalized spacial score (nSPS) is 11.7. The van der Waals surface area contributed by atoms with Crippen LogP contribution in [0.15, 0.2) is 146 Å². The van der Waals surface area contributed by atoms with Gasteiger partial charge in [-0.1, -0.05) is 230 Å². The van der Waals surface area contributed by atoms with Crippen LogP contribution < -0.4 is 18.9 Å². The van der Waals surface area contributed by atoms with Crippen LogP contribution in [0.5, 0.6) is 23.0 Å². The maximum absolute atomic E-state index is 10.1. The summed E-state index contributed by atoms with van der Waals surface area (Å²) in [5.41, 5.74) is 18.8. The van der Waals surface area contributed by atoms with E-state index in [1.54, 1.807) is 0 Å². The van der Waals surface area contributed by atoms with Gasteiger partial charge in [-0.05, 0) is 212 Å². The highest BCUT2D eigenvalue weighted by Crippen LogP contribution is 2.45. The van der Waals surface area contributed by atoms with Gasteiger partial charge in [0.15, 0.2) is 0 Å². The van der Waals surface area contributed by atoms with Crippen LogP contribution in [0, 0.1) is 45.3 Å². The topological polar surface area (TPSA) is 132 Å². The number of hydrogen-bond acceptors (Lipinski definition) is 8. The molecule has 0 saturated carbocycles. The quantitative estimate of drug-likeness (QED) is 0.0347. The molecule has 0 atom stereocenters. The maximum Gasteiger partial charge on any atom is 0.126 e. The number of nitrogens with zero attached hydrogens (tertiary/aromatic N) is 4. The molecule has 9 rings (SSSR count).